The molecule has 0 bridgehead atoms. The van der Waals surface area contributed by atoms with E-state index in [9.17, 15) is 25.4 Å². The number of fused-ring (bicyclic) bond motifs is 1. The number of rotatable bonds is 4. The molecule has 0 saturated carbocycles. The van der Waals surface area contributed by atoms with Crippen molar-refractivity contribution in [3.05, 3.63) is 79.0 Å². The molecule has 122 valence electrons. The fourth-order valence-electron chi connectivity index (χ4n) is 2.57. The Hall–Kier alpha value is -3.49. The normalized spacial score (nSPS) is 16.0. The van der Waals surface area contributed by atoms with Crippen LogP contribution in [0.2, 0.25) is 0 Å². The lowest BCUT2D eigenvalue weighted by Gasteiger charge is -2.23. The van der Waals surface area contributed by atoms with E-state index >= 15 is 0 Å². The molecule has 1 aliphatic heterocycles. The highest BCUT2D eigenvalue weighted by Gasteiger charge is 2.27. The largest absolute Gasteiger partial charge is 0.622 e. The summed E-state index contributed by atoms with van der Waals surface area (Å²) in [7, 11) is 0. The molecule has 0 aromatic heterocycles. The number of anilines is 1. The van der Waals surface area contributed by atoms with Gasteiger partial charge in [-0.3, -0.25) is 20.2 Å². The van der Waals surface area contributed by atoms with Gasteiger partial charge in [-0.25, -0.2) is 0 Å². The van der Waals surface area contributed by atoms with Crippen LogP contribution in [0.1, 0.15) is 11.1 Å². The van der Waals surface area contributed by atoms with E-state index < -0.39 is 21.7 Å². The first-order valence-corrected chi connectivity index (χ1v) is 7.03. The Kier molecular flexibility index (Phi) is 3.82. The number of hydroxylamine groups is 1. The second kappa shape index (κ2) is 5.95. The van der Waals surface area contributed by atoms with Gasteiger partial charge in [0.1, 0.15) is 5.69 Å². The van der Waals surface area contributed by atoms with Crippen molar-refractivity contribution in [3.63, 3.8) is 0 Å². The fourth-order valence-corrected chi connectivity index (χ4v) is 2.57. The average molecular weight is 328 g/mol. The molecule has 0 fully saturated rings. The van der Waals surface area contributed by atoms with Crippen molar-refractivity contribution in [2.75, 3.05) is 5.32 Å². The molecule has 3 rings (SSSR count). The summed E-state index contributed by atoms with van der Waals surface area (Å²) in [6.07, 6.45) is 1.03. The van der Waals surface area contributed by atoms with Crippen LogP contribution < -0.4 is 5.32 Å². The van der Waals surface area contributed by atoms with Crippen molar-refractivity contribution in [1.82, 2.24) is 0 Å². The summed E-state index contributed by atoms with van der Waals surface area (Å²) in [4.78, 5) is 20.5. The number of nitro groups is 2. The molecule has 1 atom stereocenters. The van der Waals surface area contributed by atoms with E-state index in [1.54, 1.807) is 0 Å². The van der Waals surface area contributed by atoms with Gasteiger partial charge in [-0.15, -0.1) is 0 Å². The van der Waals surface area contributed by atoms with Crippen LogP contribution in [0.25, 0.3) is 0 Å². The molecular formula is C15H12N4O5. The lowest BCUT2D eigenvalue weighted by Crippen LogP contribution is -2.36. The summed E-state index contributed by atoms with van der Waals surface area (Å²) in [5, 5.41) is 36.9. The zero-order chi connectivity index (χ0) is 17.3. The molecular weight excluding hydrogens is 316 g/mol. The first-order chi connectivity index (χ1) is 11.5. The van der Waals surface area contributed by atoms with Crippen LogP contribution in [-0.4, -0.2) is 27.0 Å². The van der Waals surface area contributed by atoms with Crippen LogP contribution in [-0.2, 0) is 6.42 Å². The maximum Gasteiger partial charge on any atom is 0.299 e. The van der Waals surface area contributed by atoms with E-state index in [4.69, 9.17) is 0 Å². The lowest BCUT2D eigenvalue weighted by molar-refractivity contribution is -0.490. The molecule has 1 unspecified atom stereocenters. The highest BCUT2D eigenvalue weighted by atomic mass is 16.6. The predicted molar refractivity (Wildman–Crippen MR) is 86.1 cm³/mol. The predicted octanol–water partition coefficient (Wildman–Crippen LogP) is 2.43. The first kappa shape index (κ1) is 15.4. The van der Waals surface area contributed by atoms with E-state index in [1.807, 2.05) is 24.3 Å². The first-order valence-electron chi connectivity index (χ1n) is 7.03. The molecule has 2 aromatic rings. The summed E-state index contributed by atoms with van der Waals surface area (Å²) in [5.41, 5.74) is 0.961. The average Bonchev–Trinajstić information content (AvgIpc) is 2.55. The third kappa shape index (κ3) is 2.86. The standard InChI is InChI=1S/C15H12N4O5/c20-17-9-11-4-2-1-3-10(11)7-15(17)16-13-6-5-12(18(21)22)8-14(13)19(23)24/h1-6,8-9,15-16H,7H2. The van der Waals surface area contributed by atoms with Gasteiger partial charge in [-0.05, 0) is 17.7 Å². The number of hydrogen-bond donors (Lipinski definition) is 1. The van der Waals surface area contributed by atoms with Crippen molar-refractivity contribution in [1.29, 1.82) is 0 Å². The van der Waals surface area contributed by atoms with E-state index in [0.29, 0.717) is 11.2 Å². The van der Waals surface area contributed by atoms with Gasteiger partial charge in [0, 0.05) is 11.6 Å². The number of nitro benzene ring substituents is 2. The van der Waals surface area contributed by atoms with E-state index in [-0.39, 0.29) is 11.4 Å². The van der Waals surface area contributed by atoms with Gasteiger partial charge >= 0.3 is 0 Å². The molecule has 1 aliphatic rings. The molecule has 0 radical (unpaired) electrons. The minimum atomic E-state index is -0.736. The maximum atomic E-state index is 12.1. The van der Waals surface area contributed by atoms with Gasteiger partial charge in [0.15, 0.2) is 6.21 Å². The molecule has 24 heavy (non-hydrogen) atoms. The molecule has 0 saturated heterocycles. The summed E-state index contributed by atoms with van der Waals surface area (Å²) in [6.45, 7) is 0. The van der Waals surface area contributed by atoms with Gasteiger partial charge < -0.3 is 10.5 Å². The Morgan fingerprint density at radius 1 is 1.08 bits per heavy atom. The topological polar surface area (TPSA) is 124 Å². The van der Waals surface area contributed by atoms with E-state index in [0.717, 1.165) is 23.3 Å². The monoisotopic (exact) mass is 328 g/mol. The van der Waals surface area contributed by atoms with Crippen molar-refractivity contribution >= 4 is 23.3 Å². The molecule has 0 amide bonds. The minimum Gasteiger partial charge on any atom is -0.622 e. The maximum absolute atomic E-state index is 12.1. The van der Waals surface area contributed by atoms with Crippen LogP contribution in [0.15, 0.2) is 42.5 Å². The molecule has 1 N–H and O–H groups in total. The van der Waals surface area contributed by atoms with Crippen LogP contribution in [0.3, 0.4) is 0 Å². The van der Waals surface area contributed by atoms with Crippen molar-refractivity contribution < 1.29 is 14.6 Å². The Balaban J connectivity index is 1.92. The number of hydrogen-bond acceptors (Lipinski definition) is 6. The molecule has 0 aliphatic carbocycles. The number of nitrogens with zero attached hydrogens (tertiary/aromatic N) is 3. The SMILES string of the molecule is O=[N+]([O-])c1ccc(NC2Cc3ccccc3C=[N+]2[O-])c([N+](=O)[O-])c1. The smallest absolute Gasteiger partial charge is 0.299 e. The van der Waals surface area contributed by atoms with Gasteiger partial charge in [0.2, 0.25) is 6.17 Å². The summed E-state index contributed by atoms with van der Waals surface area (Å²) >= 11 is 0. The number of nitrogens with one attached hydrogen (secondary N) is 1. The fraction of sp³-hybridized carbons (Fsp3) is 0.133. The molecule has 2 aromatic carbocycles. The summed E-state index contributed by atoms with van der Waals surface area (Å²) in [5.74, 6) is 0. The Morgan fingerprint density at radius 3 is 2.54 bits per heavy atom. The van der Waals surface area contributed by atoms with E-state index in [1.165, 1.54) is 12.3 Å². The molecule has 1 heterocycles. The van der Waals surface area contributed by atoms with Crippen LogP contribution >= 0.6 is 0 Å². The van der Waals surface area contributed by atoms with Gasteiger partial charge in [-0.2, -0.15) is 4.74 Å². The van der Waals surface area contributed by atoms with Crippen molar-refractivity contribution in [2.24, 2.45) is 0 Å². The summed E-state index contributed by atoms with van der Waals surface area (Å²) in [6, 6.07) is 10.6. The van der Waals surface area contributed by atoms with Crippen LogP contribution in [0.5, 0.6) is 0 Å². The zero-order valence-corrected chi connectivity index (χ0v) is 12.3. The van der Waals surface area contributed by atoms with Crippen molar-refractivity contribution in [2.45, 2.75) is 12.6 Å². The van der Waals surface area contributed by atoms with E-state index in [2.05, 4.69) is 5.32 Å². The second-order valence-corrected chi connectivity index (χ2v) is 5.27. The zero-order valence-electron chi connectivity index (χ0n) is 12.3. The number of non-ortho nitro benzene ring substituents is 1. The third-order valence-corrected chi connectivity index (χ3v) is 3.75. The Labute approximate surface area is 135 Å². The van der Waals surface area contributed by atoms with Crippen LogP contribution in [0, 0.1) is 25.4 Å². The second-order valence-electron chi connectivity index (χ2n) is 5.27. The highest BCUT2D eigenvalue weighted by molar-refractivity contribution is 5.79. The van der Waals surface area contributed by atoms with Gasteiger partial charge in [0.25, 0.3) is 11.4 Å². The third-order valence-electron chi connectivity index (χ3n) is 3.75. The Morgan fingerprint density at radius 2 is 1.83 bits per heavy atom. The summed E-state index contributed by atoms with van der Waals surface area (Å²) < 4.78 is 0.688. The van der Waals surface area contributed by atoms with Crippen LogP contribution in [0.4, 0.5) is 17.1 Å². The minimum absolute atomic E-state index is 0.0595. The molecule has 9 heteroatoms. The van der Waals surface area contributed by atoms with Gasteiger partial charge in [-0.1, -0.05) is 18.2 Å². The van der Waals surface area contributed by atoms with Crippen molar-refractivity contribution in [3.8, 4) is 0 Å². The number of benzene rings is 2. The highest BCUT2D eigenvalue weighted by Crippen LogP contribution is 2.30. The Bertz CT molecular complexity index is 865. The quantitative estimate of drug-likeness (QED) is 0.398. The lowest BCUT2D eigenvalue weighted by atomic mass is 10.0. The molecule has 0 spiro atoms. The van der Waals surface area contributed by atoms with Gasteiger partial charge in [0.05, 0.1) is 22.3 Å². The molecule has 9 nitrogen and oxygen atoms in total.